The van der Waals surface area contributed by atoms with Gasteiger partial charge in [0.1, 0.15) is 18.3 Å². The molecule has 0 aromatic carbocycles. The van der Waals surface area contributed by atoms with Gasteiger partial charge in [-0.25, -0.2) is 0 Å². The molecule has 0 unspecified atom stereocenters. The van der Waals surface area contributed by atoms with Gasteiger partial charge in [0.15, 0.2) is 6.10 Å². The summed E-state index contributed by atoms with van der Waals surface area (Å²) in [6.07, 6.45) is 12.6. The standard InChI is InChI=1S/C24H46O6/c1-19(2)15-13-11-9-7-5-3-4-6-8-10-12-14-16-22(27)30-21(17-25)24-23(28)20(26)18-29-24/h19-21,23-26,28H,3-18H2,1-2H3/t20-,21+,23+,24+/m0/s1. The number of rotatable bonds is 18. The number of unbranched alkanes of at least 4 members (excludes halogenated alkanes) is 11. The average molecular weight is 431 g/mol. The molecule has 1 saturated heterocycles. The van der Waals surface area contributed by atoms with Crippen molar-refractivity contribution in [3.63, 3.8) is 0 Å². The molecule has 0 bridgehead atoms. The highest BCUT2D eigenvalue weighted by atomic mass is 16.6. The van der Waals surface area contributed by atoms with Crippen LogP contribution in [-0.4, -0.2) is 58.9 Å². The molecule has 0 aromatic rings. The Bertz CT molecular complexity index is 428. The Morgan fingerprint density at radius 3 is 1.83 bits per heavy atom. The van der Waals surface area contributed by atoms with E-state index >= 15 is 0 Å². The number of aliphatic hydroxyl groups excluding tert-OH is 3. The molecule has 1 fully saturated rings. The van der Waals surface area contributed by atoms with Crippen LogP contribution in [0.15, 0.2) is 0 Å². The normalized spacial score (nSPS) is 22.5. The fourth-order valence-electron chi connectivity index (χ4n) is 3.98. The zero-order valence-electron chi connectivity index (χ0n) is 19.3. The van der Waals surface area contributed by atoms with Crippen molar-refractivity contribution in [3.8, 4) is 0 Å². The van der Waals surface area contributed by atoms with E-state index in [-0.39, 0.29) is 12.6 Å². The van der Waals surface area contributed by atoms with Crippen LogP contribution >= 0.6 is 0 Å². The van der Waals surface area contributed by atoms with Crippen molar-refractivity contribution in [2.75, 3.05) is 13.2 Å². The molecule has 0 aliphatic carbocycles. The summed E-state index contributed by atoms with van der Waals surface area (Å²) in [6, 6.07) is 0. The fourth-order valence-corrected chi connectivity index (χ4v) is 3.98. The summed E-state index contributed by atoms with van der Waals surface area (Å²) < 4.78 is 10.5. The molecule has 6 heteroatoms. The zero-order chi connectivity index (χ0) is 22.2. The second kappa shape index (κ2) is 16.9. The molecule has 0 spiro atoms. The Labute approximate surface area is 183 Å². The van der Waals surface area contributed by atoms with Crippen LogP contribution in [0.2, 0.25) is 0 Å². The minimum Gasteiger partial charge on any atom is -0.457 e. The van der Waals surface area contributed by atoms with E-state index in [9.17, 15) is 20.1 Å². The van der Waals surface area contributed by atoms with Crippen LogP contribution < -0.4 is 0 Å². The van der Waals surface area contributed by atoms with E-state index < -0.39 is 31.0 Å². The maximum atomic E-state index is 12.0. The van der Waals surface area contributed by atoms with Gasteiger partial charge in [-0.15, -0.1) is 0 Å². The first-order valence-electron chi connectivity index (χ1n) is 12.2. The fraction of sp³-hybridized carbons (Fsp3) is 0.958. The SMILES string of the molecule is CC(C)CCCCCCCCCCCCCCC(=O)O[C@H](CO)[C@H]1OC[C@H](O)[C@H]1O. The smallest absolute Gasteiger partial charge is 0.306 e. The maximum absolute atomic E-state index is 12.0. The topological polar surface area (TPSA) is 96.2 Å². The minimum absolute atomic E-state index is 0.0157. The Balaban J connectivity index is 1.91. The van der Waals surface area contributed by atoms with Gasteiger partial charge < -0.3 is 24.8 Å². The van der Waals surface area contributed by atoms with Crippen molar-refractivity contribution in [2.24, 2.45) is 5.92 Å². The summed E-state index contributed by atoms with van der Waals surface area (Å²) in [5.74, 6) is 0.447. The van der Waals surface area contributed by atoms with Crippen molar-refractivity contribution >= 4 is 5.97 Å². The number of carbonyl (C=O) groups is 1. The third-order valence-electron chi connectivity index (χ3n) is 5.93. The van der Waals surface area contributed by atoms with Crippen molar-refractivity contribution in [3.05, 3.63) is 0 Å². The van der Waals surface area contributed by atoms with E-state index in [1.807, 2.05) is 0 Å². The molecular formula is C24H46O6. The molecule has 1 aliphatic rings. The molecule has 0 saturated carbocycles. The first kappa shape index (κ1) is 27.3. The van der Waals surface area contributed by atoms with Gasteiger partial charge in [0.2, 0.25) is 0 Å². The molecule has 0 aromatic heterocycles. The number of hydrogen-bond donors (Lipinski definition) is 3. The van der Waals surface area contributed by atoms with Gasteiger partial charge in [-0.1, -0.05) is 90.9 Å². The van der Waals surface area contributed by atoms with E-state index in [0.29, 0.717) is 6.42 Å². The van der Waals surface area contributed by atoms with Gasteiger partial charge in [0, 0.05) is 6.42 Å². The molecule has 3 N–H and O–H groups in total. The number of hydrogen-bond acceptors (Lipinski definition) is 6. The van der Waals surface area contributed by atoms with Crippen LogP contribution in [0.25, 0.3) is 0 Å². The van der Waals surface area contributed by atoms with Gasteiger partial charge in [0.05, 0.1) is 13.2 Å². The third-order valence-corrected chi connectivity index (χ3v) is 5.93. The van der Waals surface area contributed by atoms with Crippen LogP contribution in [0.3, 0.4) is 0 Å². The minimum atomic E-state index is -1.14. The molecular weight excluding hydrogens is 384 g/mol. The first-order chi connectivity index (χ1) is 14.5. The van der Waals surface area contributed by atoms with Gasteiger partial charge in [0.25, 0.3) is 0 Å². The molecule has 178 valence electrons. The highest BCUT2D eigenvalue weighted by molar-refractivity contribution is 5.69. The molecule has 0 amide bonds. The first-order valence-corrected chi connectivity index (χ1v) is 12.2. The highest BCUT2D eigenvalue weighted by Gasteiger charge is 2.41. The summed E-state index contributed by atoms with van der Waals surface area (Å²) in [4.78, 5) is 12.0. The summed E-state index contributed by atoms with van der Waals surface area (Å²) in [5, 5.41) is 28.7. The Morgan fingerprint density at radius 1 is 0.900 bits per heavy atom. The number of esters is 1. The molecule has 0 radical (unpaired) electrons. The number of carbonyl (C=O) groups excluding carboxylic acids is 1. The lowest BCUT2D eigenvalue weighted by Gasteiger charge is -2.24. The van der Waals surface area contributed by atoms with Crippen molar-refractivity contribution < 1.29 is 29.6 Å². The van der Waals surface area contributed by atoms with E-state index in [1.54, 1.807) is 0 Å². The Kier molecular flexibility index (Phi) is 15.4. The molecule has 1 heterocycles. The highest BCUT2D eigenvalue weighted by Crippen LogP contribution is 2.20. The Hall–Kier alpha value is -0.690. The van der Waals surface area contributed by atoms with Crippen LogP contribution in [-0.2, 0) is 14.3 Å². The van der Waals surface area contributed by atoms with Crippen LogP contribution in [0, 0.1) is 5.92 Å². The maximum Gasteiger partial charge on any atom is 0.306 e. The predicted octanol–water partition coefficient (Wildman–Crippen LogP) is 4.13. The van der Waals surface area contributed by atoms with Crippen LogP contribution in [0.5, 0.6) is 0 Å². The van der Waals surface area contributed by atoms with Gasteiger partial charge >= 0.3 is 5.97 Å². The molecule has 4 atom stereocenters. The molecule has 30 heavy (non-hydrogen) atoms. The van der Waals surface area contributed by atoms with Gasteiger partial charge in [-0.05, 0) is 12.3 Å². The zero-order valence-corrected chi connectivity index (χ0v) is 19.3. The molecule has 1 aliphatic heterocycles. The van der Waals surface area contributed by atoms with Crippen molar-refractivity contribution in [1.82, 2.24) is 0 Å². The van der Waals surface area contributed by atoms with E-state index in [1.165, 1.54) is 64.2 Å². The lowest BCUT2D eigenvalue weighted by Crippen LogP contribution is -2.43. The lowest BCUT2D eigenvalue weighted by atomic mass is 10.0. The number of aliphatic hydroxyl groups is 3. The predicted molar refractivity (Wildman–Crippen MR) is 118 cm³/mol. The Morgan fingerprint density at radius 2 is 1.40 bits per heavy atom. The molecule has 6 nitrogen and oxygen atoms in total. The quantitative estimate of drug-likeness (QED) is 0.223. The van der Waals surface area contributed by atoms with Gasteiger partial charge in [-0.3, -0.25) is 4.79 Å². The van der Waals surface area contributed by atoms with E-state index in [0.717, 1.165) is 25.2 Å². The second-order valence-electron chi connectivity index (χ2n) is 9.24. The van der Waals surface area contributed by atoms with Crippen LogP contribution in [0.4, 0.5) is 0 Å². The van der Waals surface area contributed by atoms with E-state index in [2.05, 4.69) is 13.8 Å². The summed E-state index contributed by atoms with van der Waals surface area (Å²) in [5.41, 5.74) is 0. The second-order valence-corrected chi connectivity index (χ2v) is 9.24. The van der Waals surface area contributed by atoms with Crippen LogP contribution in [0.1, 0.15) is 104 Å². The average Bonchev–Trinajstić information content (AvgIpc) is 3.04. The largest absolute Gasteiger partial charge is 0.457 e. The summed E-state index contributed by atoms with van der Waals surface area (Å²) >= 11 is 0. The number of ether oxygens (including phenoxy) is 2. The third kappa shape index (κ3) is 12.2. The van der Waals surface area contributed by atoms with E-state index in [4.69, 9.17) is 9.47 Å². The van der Waals surface area contributed by atoms with Gasteiger partial charge in [-0.2, -0.15) is 0 Å². The van der Waals surface area contributed by atoms with Crippen molar-refractivity contribution in [1.29, 1.82) is 0 Å². The lowest BCUT2D eigenvalue weighted by molar-refractivity contribution is -0.162. The monoisotopic (exact) mass is 430 g/mol. The van der Waals surface area contributed by atoms with Crippen molar-refractivity contribution in [2.45, 2.75) is 128 Å². The summed E-state index contributed by atoms with van der Waals surface area (Å²) in [6.45, 7) is 4.14. The molecule has 1 rings (SSSR count). The summed E-state index contributed by atoms with van der Waals surface area (Å²) in [7, 11) is 0.